The number of nitrogens with one attached hydrogen (secondary N) is 3. The van der Waals surface area contributed by atoms with Crippen LogP contribution < -0.4 is 16.2 Å². The smallest absolute Gasteiger partial charge is 0.315 e. The van der Waals surface area contributed by atoms with Gasteiger partial charge in [0.15, 0.2) is 5.69 Å². The van der Waals surface area contributed by atoms with E-state index < -0.39 is 0 Å². The van der Waals surface area contributed by atoms with Crippen LogP contribution in [0.2, 0.25) is 0 Å². The van der Waals surface area contributed by atoms with Gasteiger partial charge in [-0.05, 0) is 30.0 Å². The Morgan fingerprint density at radius 3 is 3.08 bits per heavy atom. The van der Waals surface area contributed by atoms with Gasteiger partial charge in [0, 0.05) is 24.4 Å². The fraction of sp³-hybridized carbons (Fsp3) is 0.200. The highest BCUT2D eigenvalue weighted by molar-refractivity contribution is 7.13. The third-order valence-electron chi connectivity index (χ3n) is 3.30. The summed E-state index contributed by atoms with van der Waals surface area (Å²) in [6.07, 6.45) is 2.30. The van der Waals surface area contributed by atoms with Gasteiger partial charge in [-0.15, -0.1) is 16.9 Å². The molecule has 1 amide bonds. The van der Waals surface area contributed by atoms with Crippen molar-refractivity contribution < 1.29 is 10.3 Å². The summed E-state index contributed by atoms with van der Waals surface area (Å²) in [7, 11) is 0. The molecular formula is C15H17N8OS+. The molecule has 0 saturated carbocycles. The molecule has 3 aromatic rings. The Bertz CT molecular complexity index is 845. The van der Waals surface area contributed by atoms with Gasteiger partial charge in [-0.2, -0.15) is 10.1 Å². The van der Waals surface area contributed by atoms with Gasteiger partial charge in [0.1, 0.15) is 5.82 Å². The summed E-state index contributed by atoms with van der Waals surface area (Å²) >= 11 is 1.59. The van der Waals surface area contributed by atoms with Crippen LogP contribution in [0.5, 0.6) is 0 Å². The predicted molar refractivity (Wildman–Crippen MR) is 93.4 cm³/mol. The molecule has 0 aliphatic heterocycles. The number of rotatable bonds is 8. The lowest BCUT2D eigenvalue weighted by Gasteiger charge is -2.05. The second-order valence-electron chi connectivity index (χ2n) is 5.05. The van der Waals surface area contributed by atoms with Gasteiger partial charge < -0.3 is 10.6 Å². The first-order valence-corrected chi connectivity index (χ1v) is 8.49. The van der Waals surface area contributed by atoms with Gasteiger partial charge in [-0.25, -0.2) is 4.98 Å². The molecule has 9 nitrogen and oxygen atoms in total. The largest absolute Gasteiger partial charge is 0.370 e. The van der Waals surface area contributed by atoms with Gasteiger partial charge >= 0.3 is 5.95 Å². The van der Waals surface area contributed by atoms with Crippen LogP contribution in [0.25, 0.3) is 10.6 Å². The molecule has 0 saturated heterocycles. The van der Waals surface area contributed by atoms with E-state index >= 15 is 0 Å². The lowest BCUT2D eigenvalue weighted by Crippen LogP contribution is -2.26. The van der Waals surface area contributed by atoms with Crippen LogP contribution in [0.4, 0.5) is 11.8 Å². The van der Waals surface area contributed by atoms with Gasteiger partial charge in [0.05, 0.1) is 10.6 Å². The molecule has 3 aromatic heterocycles. The summed E-state index contributed by atoms with van der Waals surface area (Å²) in [6, 6.07) is 7.40. The van der Waals surface area contributed by atoms with E-state index in [0.29, 0.717) is 24.6 Å². The number of thiophene rings is 1. The number of hydrogen-bond acceptors (Lipinski definition) is 7. The summed E-state index contributed by atoms with van der Waals surface area (Å²) < 4.78 is 0. The number of amides is 1. The number of aromatic nitrogens is 4. The molecule has 3 heterocycles. The molecular weight excluding hydrogens is 340 g/mol. The van der Waals surface area contributed by atoms with Gasteiger partial charge in [-0.1, -0.05) is 6.07 Å². The van der Waals surface area contributed by atoms with E-state index in [1.165, 1.54) is 0 Å². The molecule has 0 aromatic carbocycles. The maximum atomic E-state index is 12.1. The summed E-state index contributed by atoms with van der Waals surface area (Å²) in [5.41, 5.74) is 6.35. The van der Waals surface area contributed by atoms with Crippen molar-refractivity contribution in [1.29, 1.82) is 0 Å². The van der Waals surface area contributed by atoms with Crippen molar-refractivity contribution in [2.75, 3.05) is 18.4 Å². The minimum Gasteiger partial charge on any atom is -0.370 e. The third-order valence-corrected chi connectivity index (χ3v) is 4.20. The molecule has 3 rings (SSSR count). The normalized spacial score (nSPS) is 10.4. The van der Waals surface area contributed by atoms with Crippen LogP contribution >= 0.6 is 11.3 Å². The molecule has 0 bridgehead atoms. The van der Waals surface area contributed by atoms with Crippen molar-refractivity contribution >= 4 is 29.0 Å². The highest BCUT2D eigenvalue weighted by Crippen LogP contribution is 2.22. The molecule has 0 unspecified atom stereocenters. The first-order chi connectivity index (χ1) is 12.3. The molecule has 0 aliphatic carbocycles. The van der Waals surface area contributed by atoms with E-state index in [1.807, 2.05) is 17.5 Å². The van der Waals surface area contributed by atoms with Crippen LogP contribution in [0.15, 0.2) is 41.0 Å². The average molecular weight is 357 g/mol. The average Bonchev–Trinajstić information content (AvgIpc) is 3.32. The van der Waals surface area contributed by atoms with Crippen LogP contribution in [0.3, 0.4) is 0 Å². The molecule has 5 N–H and O–H groups in total. The molecule has 128 valence electrons. The SMILES string of the molecule is [NH2+]=Nc1nccc(NCCCNC(=O)c2cc(-c3cccs3)[nH]n2)n1. The summed E-state index contributed by atoms with van der Waals surface area (Å²) in [6.45, 7) is 1.16. The standard InChI is InChI=1S/C15H16N8OS/c16-21-15-19-7-4-13(20-15)17-5-2-6-18-14(24)11-9-10(22-23-11)12-3-1-8-25-12/h1,3-4,7-9,16H,2,5-6H2,(H,18,24)(H,22,23)(H,17,19,20)/p+1. The van der Waals surface area contributed by atoms with Crippen molar-refractivity contribution in [2.24, 2.45) is 5.11 Å². The number of nitrogens with zero attached hydrogens (tertiary/aromatic N) is 4. The Morgan fingerprint density at radius 1 is 1.36 bits per heavy atom. The lowest BCUT2D eigenvalue weighted by atomic mass is 10.3. The highest BCUT2D eigenvalue weighted by Gasteiger charge is 2.11. The monoisotopic (exact) mass is 357 g/mol. The van der Waals surface area contributed by atoms with E-state index in [1.54, 1.807) is 29.7 Å². The van der Waals surface area contributed by atoms with Crippen molar-refractivity contribution in [1.82, 2.24) is 25.5 Å². The Balaban J connectivity index is 1.41. The van der Waals surface area contributed by atoms with Crippen LogP contribution in [0, 0.1) is 0 Å². The zero-order chi connectivity index (χ0) is 17.5. The maximum Gasteiger partial charge on any atom is 0.315 e. The number of aromatic amines is 1. The van der Waals surface area contributed by atoms with Crippen LogP contribution in [-0.2, 0) is 0 Å². The van der Waals surface area contributed by atoms with E-state index in [4.69, 9.17) is 5.53 Å². The maximum absolute atomic E-state index is 12.1. The fourth-order valence-corrected chi connectivity index (χ4v) is 2.79. The Morgan fingerprint density at radius 2 is 2.28 bits per heavy atom. The number of nitrogens with two attached hydrogens (primary N) is 1. The van der Waals surface area contributed by atoms with Gasteiger partial charge in [-0.3, -0.25) is 9.89 Å². The molecule has 0 fully saturated rings. The van der Waals surface area contributed by atoms with E-state index in [-0.39, 0.29) is 11.9 Å². The lowest BCUT2D eigenvalue weighted by molar-refractivity contribution is -0.211. The molecule has 0 atom stereocenters. The topological polar surface area (TPSA) is 134 Å². The van der Waals surface area contributed by atoms with Crippen LogP contribution in [0.1, 0.15) is 16.9 Å². The fourth-order valence-electron chi connectivity index (χ4n) is 2.10. The van der Waals surface area contributed by atoms with E-state index in [2.05, 4.69) is 35.9 Å². The van der Waals surface area contributed by atoms with E-state index in [9.17, 15) is 4.79 Å². The predicted octanol–water partition coefficient (Wildman–Crippen LogP) is 1.00. The van der Waals surface area contributed by atoms with Gasteiger partial charge in [0.2, 0.25) is 0 Å². The van der Waals surface area contributed by atoms with Crippen molar-refractivity contribution in [3.63, 3.8) is 0 Å². The molecule has 25 heavy (non-hydrogen) atoms. The molecule has 10 heteroatoms. The Labute approximate surface area is 147 Å². The number of anilines is 1. The van der Waals surface area contributed by atoms with Crippen LogP contribution in [-0.4, -0.2) is 39.2 Å². The summed E-state index contributed by atoms with van der Waals surface area (Å²) in [5.74, 6) is 0.655. The number of H-pyrrole nitrogens is 1. The number of carbonyl (C=O) groups excluding carboxylic acids is 1. The van der Waals surface area contributed by atoms with E-state index in [0.717, 1.165) is 17.0 Å². The number of carbonyl (C=O) groups is 1. The Hall–Kier alpha value is -3.14. The number of hydrogen-bond donors (Lipinski definition) is 4. The second kappa shape index (κ2) is 8.11. The molecule has 0 aliphatic rings. The first kappa shape index (κ1) is 16.7. The quantitative estimate of drug-likeness (QED) is 0.352. The summed E-state index contributed by atoms with van der Waals surface area (Å²) in [5, 5.41) is 18.3. The third kappa shape index (κ3) is 4.44. The Kier molecular flexibility index (Phi) is 5.42. The van der Waals surface area contributed by atoms with Gasteiger partial charge in [0.25, 0.3) is 5.91 Å². The van der Waals surface area contributed by atoms with Crippen molar-refractivity contribution in [2.45, 2.75) is 6.42 Å². The minimum absolute atomic E-state index is 0.203. The molecule has 0 spiro atoms. The zero-order valence-corrected chi connectivity index (χ0v) is 14.1. The first-order valence-electron chi connectivity index (χ1n) is 7.61. The van der Waals surface area contributed by atoms with Crippen molar-refractivity contribution in [3.05, 3.63) is 41.5 Å². The zero-order valence-electron chi connectivity index (χ0n) is 13.3. The minimum atomic E-state index is -0.203. The second-order valence-corrected chi connectivity index (χ2v) is 6.00. The highest BCUT2D eigenvalue weighted by atomic mass is 32.1. The molecule has 0 radical (unpaired) electrons. The van der Waals surface area contributed by atoms with Crippen molar-refractivity contribution in [3.8, 4) is 10.6 Å². The summed E-state index contributed by atoms with van der Waals surface area (Å²) in [4.78, 5) is 21.1.